The standard InChI is InChI=1S/C14H15N5O3/c1-8-13(19(21)22)12(17-16-8)14(20)18-7-3-4-9-10(15)5-2-6-11(9)18/h2,5-6H,3-4,7,15H2,1H3,(H,16,17). The molecule has 0 bridgehead atoms. The summed E-state index contributed by atoms with van der Waals surface area (Å²) in [5.74, 6) is -0.484. The molecule has 0 unspecified atom stereocenters. The van der Waals surface area contributed by atoms with Gasteiger partial charge in [-0.15, -0.1) is 0 Å². The van der Waals surface area contributed by atoms with Crippen molar-refractivity contribution >= 4 is 23.0 Å². The Morgan fingerprint density at radius 2 is 2.27 bits per heavy atom. The van der Waals surface area contributed by atoms with Crippen LogP contribution in [0.15, 0.2) is 18.2 Å². The minimum Gasteiger partial charge on any atom is -0.398 e. The van der Waals surface area contributed by atoms with E-state index in [0.29, 0.717) is 17.9 Å². The summed E-state index contributed by atoms with van der Waals surface area (Å²) in [6.45, 7) is 2.00. The number of carbonyl (C=O) groups is 1. The number of nitrogens with one attached hydrogen (secondary N) is 1. The molecule has 1 aliphatic rings. The van der Waals surface area contributed by atoms with E-state index in [-0.39, 0.29) is 17.1 Å². The molecule has 114 valence electrons. The summed E-state index contributed by atoms with van der Waals surface area (Å²) >= 11 is 0. The molecule has 8 nitrogen and oxygen atoms in total. The molecule has 0 saturated heterocycles. The number of fused-ring (bicyclic) bond motifs is 1. The van der Waals surface area contributed by atoms with E-state index >= 15 is 0 Å². The molecule has 0 saturated carbocycles. The minimum atomic E-state index is -0.587. The summed E-state index contributed by atoms with van der Waals surface area (Å²) in [6, 6.07) is 5.35. The second-order valence-corrected chi connectivity index (χ2v) is 5.21. The Kier molecular flexibility index (Phi) is 3.28. The third-order valence-electron chi connectivity index (χ3n) is 3.83. The zero-order chi connectivity index (χ0) is 15.9. The second kappa shape index (κ2) is 5.14. The zero-order valence-corrected chi connectivity index (χ0v) is 12.0. The molecule has 0 aliphatic carbocycles. The first-order valence-electron chi connectivity index (χ1n) is 6.89. The highest BCUT2D eigenvalue weighted by Crippen LogP contribution is 2.33. The van der Waals surface area contributed by atoms with Crippen LogP contribution in [0, 0.1) is 17.0 Å². The molecule has 22 heavy (non-hydrogen) atoms. The third kappa shape index (κ3) is 2.09. The van der Waals surface area contributed by atoms with Gasteiger partial charge in [-0.1, -0.05) is 6.07 Å². The topological polar surface area (TPSA) is 118 Å². The number of anilines is 2. The molecule has 1 amide bonds. The average molecular weight is 301 g/mol. The number of nitrogens with two attached hydrogens (primary N) is 1. The lowest BCUT2D eigenvalue weighted by molar-refractivity contribution is -0.385. The monoisotopic (exact) mass is 301 g/mol. The molecule has 0 fully saturated rings. The van der Waals surface area contributed by atoms with Gasteiger partial charge < -0.3 is 10.6 Å². The molecule has 0 atom stereocenters. The van der Waals surface area contributed by atoms with E-state index in [1.807, 2.05) is 0 Å². The molecule has 0 radical (unpaired) electrons. The number of aryl methyl sites for hydroxylation is 1. The van der Waals surface area contributed by atoms with Gasteiger partial charge in [0.05, 0.1) is 4.92 Å². The maximum absolute atomic E-state index is 12.7. The molecule has 1 aromatic heterocycles. The number of rotatable bonds is 2. The number of nitrogen functional groups attached to an aromatic ring is 1. The van der Waals surface area contributed by atoms with E-state index in [9.17, 15) is 14.9 Å². The summed E-state index contributed by atoms with van der Waals surface area (Å²) in [6.07, 6.45) is 1.54. The molecule has 2 heterocycles. The normalized spacial score (nSPS) is 13.8. The maximum atomic E-state index is 12.7. The number of hydrogen-bond acceptors (Lipinski definition) is 5. The molecule has 3 N–H and O–H groups in total. The number of benzene rings is 1. The number of aromatic nitrogens is 2. The Morgan fingerprint density at radius 1 is 1.50 bits per heavy atom. The van der Waals surface area contributed by atoms with Crippen LogP contribution in [0.3, 0.4) is 0 Å². The van der Waals surface area contributed by atoms with Crippen LogP contribution in [-0.2, 0) is 6.42 Å². The van der Waals surface area contributed by atoms with Gasteiger partial charge >= 0.3 is 5.69 Å². The van der Waals surface area contributed by atoms with E-state index in [1.165, 1.54) is 11.8 Å². The van der Waals surface area contributed by atoms with Crippen LogP contribution in [0.25, 0.3) is 0 Å². The van der Waals surface area contributed by atoms with E-state index in [4.69, 9.17) is 5.73 Å². The first kappa shape index (κ1) is 14.1. The first-order valence-corrected chi connectivity index (χ1v) is 6.89. The van der Waals surface area contributed by atoms with Gasteiger partial charge in [0.15, 0.2) is 0 Å². The maximum Gasteiger partial charge on any atom is 0.322 e. The van der Waals surface area contributed by atoms with E-state index in [1.54, 1.807) is 18.2 Å². The quantitative estimate of drug-likeness (QED) is 0.498. The van der Waals surface area contributed by atoms with Crippen LogP contribution >= 0.6 is 0 Å². The highest BCUT2D eigenvalue weighted by atomic mass is 16.6. The molecular weight excluding hydrogens is 286 g/mol. The highest BCUT2D eigenvalue weighted by molar-refractivity contribution is 6.08. The fourth-order valence-corrected chi connectivity index (χ4v) is 2.79. The van der Waals surface area contributed by atoms with Gasteiger partial charge in [-0.3, -0.25) is 20.0 Å². The number of carbonyl (C=O) groups excluding carboxylic acids is 1. The van der Waals surface area contributed by atoms with Gasteiger partial charge in [0.25, 0.3) is 5.91 Å². The number of H-pyrrole nitrogens is 1. The zero-order valence-electron chi connectivity index (χ0n) is 12.0. The van der Waals surface area contributed by atoms with Crippen molar-refractivity contribution < 1.29 is 9.72 Å². The Hall–Kier alpha value is -2.90. The molecule has 2 aromatic rings. The largest absolute Gasteiger partial charge is 0.398 e. The SMILES string of the molecule is Cc1[nH]nc(C(=O)N2CCCc3c(N)cccc32)c1[N+](=O)[O-]. The molecule has 0 spiro atoms. The van der Waals surface area contributed by atoms with Crippen molar-refractivity contribution in [1.29, 1.82) is 0 Å². The third-order valence-corrected chi connectivity index (χ3v) is 3.83. The van der Waals surface area contributed by atoms with Crippen LogP contribution in [0.4, 0.5) is 17.1 Å². The van der Waals surface area contributed by atoms with E-state index in [2.05, 4.69) is 10.2 Å². The van der Waals surface area contributed by atoms with E-state index in [0.717, 1.165) is 18.4 Å². The summed E-state index contributed by atoms with van der Waals surface area (Å²) in [4.78, 5) is 24.8. The van der Waals surface area contributed by atoms with Crippen molar-refractivity contribution in [1.82, 2.24) is 10.2 Å². The lowest BCUT2D eigenvalue weighted by Gasteiger charge is -2.29. The van der Waals surface area contributed by atoms with Crippen molar-refractivity contribution in [3.05, 3.63) is 45.3 Å². The number of nitrogens with zero attached hydrogens (tertiary/aromatic N) is 3. The van der Waals surface area contributed by atoms with Gasteiger partial charge in [-0.05, 0) is 37.5 Å². The summed E-state index contributed by atoms with van der Waals surface area (Å²) in [5, 5.41) is 17.5. The van der Waals surface area contributed by atoms with Crippen LogP contribution in [0.2, 0.25) is 0 Å². The summed E-state index contributed by atoms with van der Waals surface area (Å²) in [7, 11) is 0. The van der Waals surface area contributed by atoms with Gasteiger partial charge in [-0.25, -0.2) is 0 Å². The van der Waals surface area contributed by atoms with Crippen molar-refractivity contribution in [2.24, 2.45) is 0 Å². The molecule has 1 aliphatic heterocycles. The highest BCUT2D eigenvalue weighted by Gasteiger charge is 2.33. The lowest BCUT2D eigenvalue weighted by Crippen LogP contribution is -2.36. The van der Waals surface area contributed by atoms with Gasteiger partial charge in [0, 0.05) is 17.9 Å². The molecule has 8 heteroatoms. The Labute approximate surface area is 126 Å². The van der Waals surface area contributed by atoms with Crippen LogP contribution in [0.1, 0.15) is 28.2 Å². The molecular formula is C14H15N5O3. The number of aromatic amines is 1. The Balaban J connectivity index is 2.05. The molecule has 1 aromatic carbocycles. The van der Waals surface area contributed by atoms with Crippen LogP contribution < -0.4 is 10.6 Å². The van der Waals surface area contributed by atoms with Gasteiger partial charge in [0.1, 0.15) is 5.69 Å². The van der Waals surface area contributed by atoms with Gasteiger partial charge in [0.2, 0.25) is 5.69 Å². The molecule has 3 rings (SSSR count). The fraction of sp³-hybridized carbons (Fsp3) is 0.286. The van der Waals surface area contributed by atoms with Crippen LogP contribution in [0.5, 0.6) is 0 Å². The van der Waals surface area contributed by atoms with Crippen molar-refractivity contribution in [3.8, 4) is 0 Å². The van der Waals surface area contributed by atoms with Crippen LogP contribution in [-0.4, -0.2) is 27.6 Å². The van der Waals surface area contributed by atoms with Crippen molar-refractivity contribution in [3.63, 3.8) is 0 Å². The Morgan fingerprint density at radius 3 is 3.00 bits per heavy atom. The second-order valence-electron chi connectivity index (χ2n) is 5.21. The number of amides is 1. The lowest BCUT2D eigenvalue weighted by atomic mass is 9.99. The number of nitro groups is 1. The minimum absolute atomic E-state index is 0.169. The van der Waals surface area contributed by atoms with Crippen molar-refractivity contribution in [2.75, 3.05) is 17.2 Å². The Bertz CT molecular complexity index is 768. The first-order chi connectivity index (χ1) is 10.5. The predicted molar refractivity (Wildman–Crippen MR) is 80.8 cm³/mol. The summed E-state index contributed by atoms with van der Waals surface area (Å²) < 4.78 is 0. The predicted octanol–water partition coefficient (Wildman–Crippen LogP) is 1.80. The average Bonchev–Trinajstić information content (AvgIpc) is 2.88. The van der Waals surface area contributed by atoms with E-state index < -0.39 is 10.8 Å². The smallest absolute Gasteiger partial charge is 0.322 e. The van der Waals surface area contributed by atoms with Crippen molar-refractivity contribution in [2.45, 2.75) is 19.8 Å². The van der Waals surface area contributed by atoms with Gasteiger partial charge in [-0.2, -0.15) is 5.10 Å². The fourth-order valence-electron chi connectivity index (χ4n) is 2.79. The number of hydrogen-bond donors (Lipinski definition) is 2. The summed E-state index contributed by atoms with van der Waals surface area (Å²) in [5.41, 5.74) is 8.00.